The van der Waals surface area contributed by atoms with Crippen LogP contribution < -0.4 is 33.5 Å². The van der Waals surface area contributed by atoms with E-state index in [9.17, 15) is 4.79 Å². The predicted octanol–water partition coefficient (Wildman–Crippen LogP) is 4.33. The average molecular weight is 685 g/mol. The molecule has 4 rings (SSSR count). The zero-order valence-corrected chi connectivity index (χ0v) is 27.3. The first-order valence-corrected chi connectivity index (χ1v) is 14.8. The standard InChI is InChI=1S/C35H45N2O4.HI/c1-37(2,3)34(25-29-26-36-33-18-12-11-17-32(29)33)35(38)40-24-14-7-5-4-6-13-23-39-30-19-21-31(22-20-30)41-27-28-15-9-8-10-16-28;/h8-12,15-22,26,34,36H,4-7,13-14,23-25,27H2,1-3H3;1H/q+1;/p-1. The number of ether oxygens (including phenoxy) is 3. The van der Waals surface area contributed by atoms with Gasteiger partial charge in [0.15, 0.2) is 6.04 Å². The number of nitrogens with zero attached hydrogens (tertiary/aromatic N) is 1. The van der Waals surface area contributed by atoms with Crippen LogP contribution in [0, 0.1) is 0 Å². The number of H-pyrrole nitrogens is 1. The van der Waals surface area contributed by atoms with Crippen molar-refractivity contribution in [2.24, 2.45) is 0 Å². The molecule has 1 N–H and O–H groups in total. The second-order valence-electron chi connectivity index (χ2n) is 11.6. The van der Waals surface area contributed by atoms with Crippen molar-refractivity contribution in [3.63, 3.8) is 0 Å². The quantitative estimate of drug-likeness (QED) is 0.0780. The van der Waals surface area contributed by atoms with E-state index in [0.29, 0.717) is 30.7 Å². The number of hydrogen-bond acceptors (Lipinski definition) is 4. The number of unbranched alkanes of at least 4 members (excludes halogenated alkanes) is 5. The molecular weight excluding hydrogens is 639 g/mol. The summed E-state index contributed by atoms with van der Waals surface area (Å²) >= 11 is 0. The Kier molecular flexibility index (Phi) is 13.7. The molecule has 1 heterocycles. The van der Waals surface area contributed by atoms with Crippen molar-refractivity contribution in [3.05, 3.63) is 96.2 Å². The van der Waals surface area contributed by atoms with Crippen molar-refractivity contribution in [2.75, 3.05) is 34.4 Å². The van der Waals surface area contributed by atoms with Crippen LogP contribution in [0.15, 0.2) is 85.1 Å². The highest BCUT2D eigenvalue weighted by atomic mass is 127. The van der Waals surface area contributed by atoms with Crippen LogP contribution in [-0.2, 0) is 22.6 Å². The second-order valence-corrected chi connectivity index (χ2v) is 11.6. The molecule has 0 radical (unpaired) electrons. The van der Waals surface area contributed by atoms with Gasteiger partial charge in [-0.3, -0.25) is 0 Å². The van der Waals surface area contributed by atoms with Gasteiger partial charge in [0.2, 0.25) is 0 Å². The lowest BCUT2D eigenvalue weighted by molar-refractivity contribution is -0.887. The maximum atomic E-state index is 13.0. The Morgan fingerprint density at radius 2 is 1.33 bits per heavy atom. The molecule has 0 aliphatic carbocycles. The Bertz CT molecular complexity index is 1330. The number of carbonyl (C=O) groups is 1. The van der Waals surface area contributed by atoms with Gasteiger partial charge in [0.25, 0.3) is 0 Å². The first-order chi connectivity index (χ1) is 19.9. The second kappa shape index (κ2) is 17.2. The monoisotopic (exact) mass is 684 g/mol. The summed E-state index contributed by atoms with van der Waals surface area (Å²) in [6.45, 7) is 1.76. The molecule has 3 aromatic carbocycles. The number of benzene rings is 3. The zero-order valence-electron chi connectivity index (χ0n) is 25.2. The molecule has 0 saturated carbocycles. The summed E-state index contributed by atoms with van der Waals surface area (Å²) in [6, 6.07) is 26.0. The number of nitrogens with one attached hydrogen (secondary N) is 1. The van der Waals surface area contributed by atoms with Gasteiger partial charge in [-0.15, -0.1) is 0 Å². The van der Waals surface area contributed by atoms with E-state index in [2.05, 4.69) is 50.4 Å². The Labute approximate surface area is 268 Å². The summed E-state index contributed by atoms with van der Waals surface area (Å²) in [6.07, 6.45) is 9.09. The largest absolute Gasteiger partial charge is 1.00 e. The van der Waals surface area contributed by atoms with E-state index in [1.165, 1.54) is 5.39 Å². The predicted molar refractivity (Wildman–Crippen MR) is 165 cm³/mol. The molecule has 42 heavy (non-hydrogen) atoms. The van der Waals surface area contributed by atoms with Gasteiger partial charge in [-0.2, -0.15) is 0 Å². The van der Waals surface area contributed by atoms with E-state index >= 15 is 0 Å². The molecular formula is C35H45IN2O4. The minimum atomic E-state index is -0.243. The summed E-state index contributed by atoms with van der Waals surface area (Å²) in [7, 11) is 6.17. The van der Waals surface area contributed by atoms with E-state index in [1.807, 2.05) is 60.8 Å². The third-order valence-electron chi connectivity index (χ3n) is 7.42. The number of halogens is 1. The first-order valence-electron chi connectivity index (χ1n) is 14.8. The highest BCUT2D eigenvalue weighted by molar-refractivity contribution is 5.84. The highest BCUT2D eigenvalue weighted by Crippen LogP contribution is 2.22. The van der Waals surface area contributed by atoms with Gasteiger partial charge in [-0.25, -0.2) is 4.79 Å². The summed E-state index contributed by atoms with van der Waals surface area (Å²) in [5, 5.41) is 1.17. The fraction of sp³-hybridized carbons (Fsp3) is 0.400. The lowest BCUT2D eigenvalue weighted by atomic mass is 10.0. The molecule has 1 atom stereocenters. The SMILES string of the molecule is C[N+](C)(C)C(Cc1c[nH]c2ccccc12)C(=O)OCCCCCCCCOc1ccc(OCc2ccccc2)cc1.[I-]. The van der Waals surface area contributed by atoms with Crippen molar-refractivity contribution in [2.45, 2.75) is 57.6 Å². The summed E-state index contributed by atoms with van der Waals surface area (Å²) in [5.74, 6) is 1.60. The van der Waals surface area contributed by atoms with Crippen LogP contribution in [-0.4, -0.2) is 55.8 Å². The Morgan fingerprint density at radius 1 is 0.738 bits per heavy atom. The van der Waals surface area contributed by atoms with Crippen LogP contribution in [0.25, 0.3) is 10.9 Å². The topological polar surface area (TPSA) is 60.6 Å². The van der Waals surface area contributed by atoms with E-state index in [4.69, 9.17) is 14.2 Å². The number of fused-ring (bicyclic) bond motifs is 1. The van der Waals surface area contributed by atoms with Gasteiger partial charge in [-0.1, -0.05) is 74.2 Å². The average Bonchev–Trinajstić information content (AvgIpc) is 3.39. The minimum Gasteiger partial charge on any atom is -1.00 e. The molecule has 1 unspecified atom stereocenters. The van der Waals surface area contributed by atoms with Gasteiger partial charge in [0.05, 0.1) is 34.4 Å². The van der Waals surface area contributed by atoms with E-state index in [-0.39, 0.29) is 36.0 Å². The molecule has 0 aliphatic heterocycles. The number of para-hydroxylation sites is 1. The normalized spacial score (nSPS) is 12.0. The lowest BCUT2D eigenvalue weighted by Crippen LogP contribution is -3.00. The zero-order chi connectivity index (χ0) is 28.9. The smallest absolute Gasteiger partial charge is 0.365 e. The van der Waals surface area contributed by atoms with E-state index < -0.39 is 0 Å². The molecule has 4 aromatic rings. The summed E-state index contributed by atoms with van der Waals surface area (Å²) in [5.41, 5.74) is 3.41. The van der Waals surface area contributed by atoms with Crippen LogP contribution in [0.3, 0.4) is 0 Å². The number of quaternary nitrogens is 1. The van der Waals surface area contributed by atoms with Crippen molar-refractivity contribution in [1.29, 1.82) is 0 Å². The highest BCUT2D eigenvalue weighted by Gasteiger charge is 2.33. The first kappa shape index (κ1) is 33.5. The molecule has 7 heteroatoms. The van der Waals surface area contributed by atoms with Gasteiger partial charge >= 0.3 is 5.97 Å². The van der Waals surface area contributed by atoms with Crippen LogP contribution in [0.5, 0.6) is 11.5 Å². The van der Waals surface area contributed by atoms with Crippen LogP contribution in [0.1, 0.15) is 49.7 Å². The number of likely N-dealkylation sites (N-methyl/N-ethyl adjacent to an activating group) is 1. The third kappa shape index (κ3) is 10.7. The number of aromatic nitrogens is 1. The Balaban J connectivity index is 0.00000484. The summed E-state index contributed by atoms with van der Waals surface area (Å²) in [4.78, 5) is 16.3. The fourth-order valence-electron chi connectivity index (χ4n) is 4.93. The van der Waals surface area contributed by atoms with Gasteiger partial charge in [0.1, 0.15) is 18.1 Å². The molecule has 0 amide bonds. The molecule has 0 bridgehead atoms. The fourth-order valence-corrected chi connectivity index (χ4v) is 4.93. The van der Waals surface area contributed by atoms with Crippen molar-refractivity contribution >= 4 is 16.9 Å². The Morgan fingerprint density at radius 3 is 2.02 bits per heavy atom. The number of carbonyl (C=O) groups excluding carboxylic acids is 1. The molecule has 6 nitrogen and oxygen atoms in total. The molecule has 0 spiro atoms. The van der Waals surface area contributed by atoms with Gasteiger partial charge in [0, 0.05) is 23.5 Å². The van der Waals surface area contributed by atoms with Crippen molar-refractivity contribution in [3.8, 4) is 11.5 Å². The molecule has 226 valence electrons. The van der Waals surface area contributed by atoms with E-state index in [1.54, 1.807) is 0 Å². The molecule has 1 aromatic heterocycles. The van der Waals surface area contributed by atoms with E-state index in [0.717, 1.165) is 66.7 Å². The van der Waals surface area contributed by atoms with Gasteiger partial charge < -0.3 is 47.7 Å². The number of esters is 1. The van der Waals surface area contributed by atoms with Crippen molar-refractivity contribution in [1.82, 2.24) is 4.98 Å². The maximum Gasteiger partial charge on any atom is 0.365 e. The molecule has 0 aliphatic rings. The van der Waals surface area contributed by atoms with Crippen LogP contribution in [0.4, 0.5) is 0 Å². The third-order valence-corrected chi connectivity index (χ3v) is 7.42. The minimum absolute atomic E-state index is 0. The van der Waals surface area contributed by atoms with Gasteiger partial charge in [-0.05, 0) is 54.3 Å². The number of rotatable bonds is 17. The number of aromatic amines is 1. The van der Waals surface area contributed by atoms with Crippen molar-refractivity contribution < 1.29 is 47.5 Å². The maximum absolute atomic E-state index is 13.0. The summed E-state index contributed by atoms with van der Waals surface area (Å²) < 4.78 is 18.0. The lowest BCUT2D eigenvalue weighted by Gasteiger charge is -2.32. The van der Waals surface area contributed by atoms with Crippen LogP contribution in [0.2, 0.25) is 0 Å². The molecule has 0 saturated heterocycles. The van der Waals surface area contributed by atoms with Crippen LogP contribution >= 0.6 is 0 Å². The Hall–Kier alpha value is -3.04. The molecule has 0 fully saturated rings. The number of hydrogen-bond donors (Lipinski definition) is 1.